The Labute approximate surface area is 215 Å². The lowest BCUT2D eigenvalue weighted by atomic mass is 9.82. The van der Waals surface area contributed by atoms with Crippen LogP contribution in [0.5, 0.6) is 17.2 Å². The van der Waals surface area contributed by atoms with Crippen molar-refractivity contribution in [2.45, 2.75) is 30.6 Å². The molecule has 0 radical (unpaired) electrons. The molecule has 0 fully saturated rings. The van der Waals surface area contributed by atoms with Crippen molar-refractivity contribution in [3.63, 3.8) is 0 Å². The predicted molar refractivity (Wildman–Crippen MR) is 131 cm³/mol. The number of benzene rings is 4. The van der Waals surface area contributed by atoms with E-state index in [1.807, 2.05) is 30.3 Å². The highest BCUT2D eigenvalue weighted by Crippen LogP contribution is 2.54. The van der Waals surface area contributed by atoms with E-state index in [-0.39, 0.29) is 0 Å². The van der Waals surface area contributed by atoms with Gasteiger partial charge >= 0.3 is 12.1 Å². The highest BCUT2D eigenvalue weighted by atomic mass is 19.4. The molecule has 0 saturated carbocycles. The summed E-state index contributed by atoms with van der Waals surface area (Å²) < 4.78 is 81.3. The number of hydrogen-bond acceptors (Lipinski definition) is 3. The normalized spacial score (nSPS) is 12.8. The average Bonchev–Trinajstić information content (AvgIpc) is 2.89. The first-order valence-corrected chi connectivity index (χ1v) is 11.3. The first-order valence-electron chi connectivity index (χ1n) is 11.3. The minimum absolute atomic E-state index is 0.319. The van der Waals surface area contributed by atoms with Crippen LogP contribution in [-0.2, 0) is 5.67 Å². The second kappa shape index (κ2) is 11.1. The fourth-order valence-corrected chi connectivity index (χ4v) is 3.80. The Balaban J connectivity index is 0.000000230. The molecule has 200 valence electrons. The monoisotopic (exact) mass is 534 g/mol. The van der Waals surface area contributed by atoms with Gasteiger partial charge in [0.2, 0.25) is 5.67 Å². The van der Waals surface area contributed by atoms with Crippen LogP contribution >= 0.6 is 0 Å². The highest BCUT2D eigenvalue weighted by Gasteiger charge is 2.72. The maximum atomic E-state index is 15.2. The largest absolute Gasteiger partial charge is 0.508 e. The van der Waals surface area contributed by atoms with Gasteiger partial charge in [0, 0.05) is 17.0 Å². The molecule has 0 aliphatic rings. The number of rotatable bonds is 5. The Morgan fingerprint density at radius 1 is 0.500 bits per heavy atom. The Hall–Kier alpha value is -4.14. The van der Waals surface area contributed by atoms with Gasteiger partial charge in [0.25, 0.3) is 0 Å². The number of aromatic hydroxyl groups is 3. The number of phenolic OH excluding ortho intramolecular Hbond substituents is 3. The molecule has 3 nitrogen and oxygen atoms in total. The van der Waals surface area contributed by atoms with Crippen molar-refractivity contribution in [1.82, 2.24) is 0 Å². The third-order valence-corrected chi connectivity index (χ3v) is 6.01. The summed E-state index contributed by atoms with van der Waals surface area (Å²) in [5, 5.41) is 27.5. The first kappa shape index (κ1) is 28.4. The van der Waals surface area contributed by atoms with Gasteiger partial charge in [-0.2, -0.15) is 22.0 Å². The number of hydrogen-bond donors (Lipinski definition) is 3. The maximum Gasteiger partial charge on any atom is 0.457 e. The van der Waals surface area contributed by atoms with Gasteiger partial charge < -0.3 is 15.3 Å². The van der Waals surface area contributed by atoms with E-state index >= 15 is 4.39 Å². The van der Waals surface area contributed by atoms with Crippen LogP contribution in [0, 0.1) is 0 Å². The van der Waals surface area contributed by atoms with Crippen molar-refractivity contribution in [2.24, 2.45) is 0 Å². The van der Waals surface area contributed by atoms with E-state index in [0.29, 0.717) is 35.9 Å². The van der Waals surface area contributed by atoms with Crippen LogP contribution in [-0.4, -0.2) is 27.4 Å². The van der Waals surface area contributed by atoms with Crippen molar-refractivity contribution >= 4 is 0 Å². The Kier molecular flexibility index (Phi) is 8.29. The standard InChI is InChI=1S/C15H10F6O2.C14H14O/c16-13(14(17,18)15(19,20)21,9-1-5-11(22)6-2-9)10-3-7-12(23)8-4-10;1-11(12-5-3-2-4-6-12)13-7-9-14(15)10-8-13/h1-8,22-23H;2-11,15H,1H3. The minimum atomic E-state index is -6.16. The summed E-state index contributed by atoms with van der Waals surface area (Å²) in [7, 11) is 0. The zero-order valence-electron chi connectivity index (χ0n) is 20.0. The van der Waals surface area contributed by atoms with Crippen molar-refractivity contribution in [3.05, 3.63) is 125 Å². The molecular weight excluding hydrogens is 510 g/mol. The number of phenols is 3. The molecule has 1 unspecified atom stereocenters. The van der Waals surface area contributed by atoms with Gasteiger partial charge in [-0.05, 0) is 47.5 Å². The molecule has 0 aliphatic heterocycles. The van der Waals surface area contributed by atoms with Crippen molar-refractivity contribution in [2.75, 3.05) is 0 Å². The summed E-state index contributed by atoms with van der Waals surface area (Å²) in [5.41, 5.74) is -3.68. The average molecular weight is 534 g/mol. The Bertz CT molecular complexity index is 1260. The van der Waals surface area contributed by atoms with E-state index in [1.165, 1.54) is 11.1 Å². The Morgan fingerprint density at radius 2 is 0.842 bits per heavy atom. The van der Waals surface area contributed by atoms with Crippen LogP contribution in [0.4, 0.5) is 26.3 Å². The molecular formula is C29H24F6O3. The summed E-state index contributed by atoms with van der Waals surface area (Å²) in [6, 6.07) is 23.5. The summed E-state index contributed by atoms with van der Waals surface area (Å²) >= 11 is 0. The van der Waals surface area contributed by atoms with Crippen LogP contribution in [0.15, 0.2) is 103 Å². The fraction of sp³-hybridized carbons (Fsp3) is 0.172. The second-order valence-corrected chi connectivity index (χ2v) is 8.55. The van der Waals surface area contributed by atoms with Crippen LogP contribution in [0.1, 0.15) is 35.1 Å². The molecule has 0 saturated heterocycles. The van der Waals surface area contributed by atoms with E-state index in [0.717, 1.165) is 24.3 Å². The van der Waals surface area contributed by atoms with Crippen LogP contribution in [0.3, 0.4) is 0 Å². The summed E-state index contributed by atoms with van der Waals surface area (Å²) in [6.07, 6.45) is -6.16. The maximum absolute atomic E-state index is 15.2. The number of halogens is 6. The molecule has 0 aliphatic carbocycles. The molecule has 4 aromatic carbocycles. The summed E-state index contributed by atoms with van der Waals surface area (Å²) in [4.78, 5) is 0. The zero-order chi connectivity index (χ0) is 28.1. The van der Waals surface area contributed by atoms with E-state index in [9.17, 15) is 27.1 Å². The smallest absolute Gasteiger partial charge is 0.457 e. The summed E-state index contributed by atoms with van der Waals surface area (Å²) in [5.74, 6) is -5.89. The van der Waals surface area contributed by atoms with Gasteiger partial charge in [-0.1, -0.05) is 73.7 Å². The lowest BCUT2D eigenvalue weighted by Crippen LogP contribution is -2.53. The van der Waals surface area contributed by atoms with Gasteiger partial charge in [0.05, 0.1) is 0 Å². The topological polar surface area (TPSA) is 60.7 Å². The highest BCUT2D eigenvalue weighted by molar-refractivity contribution is 5.43. The van der Waals surface area contributed by atoms with Crippen LogP contribution < -0.4 is 0 Å². The molecule has 38 heavy (non-hydrogen) atoms. The molecule has 9 heteroatoms. The Morgan fingerprint density at radius 3 is 1.21 bits per heavy atom. The van der Waals surface area contributed by atoms with Crippen LogP contribution in [0.2, 0.25) is 0 Å². The van der Waals surface area contributed by atoms with Crippen LogP contribution in [0.25, 0.3) is 0 Å². The number of alkyl halides is 6. The molecule has 0 bridgehead atoms. The van der Waals surface area contributed by atoms with Gasteiger partial charge in [0.1, 0.15) is 17.2 Å². The van der Waals surface area contributed by atoms with E-state index < -0.39 is 40.4 Å². The molecule has 4 aromatic rings. The lowest BCUT2D eigenvalue weighted by molar-refractivity contribution is -0.323. The zero-order valence-corrected chi connectivity index (χ0v) is 20.0. The van der Waals surface area contributed by atoms with Crippen molar-refractivity contribution < 1.29 is 41.7 Å². The third-order valence-electron chi connectivity index (χ3n) is 6.01. The van der Waals surface area contributed by atoms with Gasteiger partial charge in [-0.3, -0.25) is 0 Å². The molecule has 0 amide bonds. The summed E-state index contributed by atoms with van der Waals surface area (Å²) in [6.45, 7) is 2.17. The minimum Gasteiger partial charge on any atom is -0.508 e. The second-order valence-electron chi connectivity index (χ2n) is 8.55. The van der Waals surface area contributed by atoms with Gasteiger partial charge in [-0.25, -0.2) is 4.39 Å². The molecule has 4 rings (SSSR count). The van der Waals surface area contributed by atoms with Crippen molar-refractivity contribution in [1.29, 1.82) is 0 Å². The third kappa shape index (κ3) is 5.88. The predicted octanol–water partition coefficient (Wildman–Crippen LogP) is 8.05. The van der Waals surface area contributed by atoms with E-state index in [1.54, 1.807) is 12.1 Å². The fourth-order valence-electron chi connectivity index (χ4n) is 3.80. The SMILES string of the molecule is CC(c1ccccc1)c1ccc(O)cc1.Oc1ccc(C(F)(c2ccc(O)cc2)C(F)(F)C(F)(F)F)cc1. The molecule has 0 spiro atoms. The molecule has 3 N–H and O–H groups in total. The molecule has 1 atom stereocenters. The first-order chi connectivity index (χ1) is 17.8. The lowest BCUT2D eigenvalue weighted by Gasteiger charge is -2.35. The quantitative estimate of drug-likeness (QED) is 0.227. The molecule has 0 aromatic heterocycles. The molecule has 0 heterocycles. The van der Waals surface area contributed by atoms with Crippen molar-refractivity contribution in [3.8, 4) is 17.2 Å². The van der Waals surface area contributed by atoms with E-state index in [4.69, 9.17) is 10.2 Å². The van der Waals surface area contributed by atoms with Gasteiger partial charge in [-0.15, -0.1) is 0 Å². The van der Waals surface area contributed by atoms with E-state index in [2.05, 4.69) is 19.1 Å². The van der Waals surface area contributed by atoms with Gasteiger partial charge in [0.15, 0.2) is 0 Å².